The van der Waals surface area contributed by atoms with E-state index in [0.717, 1.165) is 0 Å². The van der Waals surface area contributed by atoms with Crippen LogP contribution in [0.5, 0.6) is 0 Å². The van der Waals surface area contributed by atoms with Gasteiger partial charge in [-0.2, -0.15) is 0 Å². The normalized spacial score (nSPS) is 11.0. The molecule has 6 heavy (non-hydrogen) atoms. The SMILES string of the molecule is C[N](C)[GeH]([Cl])[Cl]. The Hall–Kier alpha value is 1.08. The molecule has 0 N–H and O–H groups in total. The van der Waals surface area contributed by atoms with Crippen LogP contribution in [0, 0.1) is 0 Å². The Bertz CT molecular complexity index is 32.5. The van der Waals surface area contributed by atoms with Gasteiger partial charge < -0.3 is 0 Å². The summed E-state index contributed by atoms with van der Waals surface area (Å²) in [6.07, 6.45) is 0. The zero-order valence-electron chi connectivity index (χ0n) is 3.78. The van der Waals surface area contributed by atoms with Gasteiger partial charge in [-0.1, -0.05) is 0 Å². The second kappa shape index (κ2) is 3.13. The molecule has 0 rings (SSSR count). The van der Waals surface area contributed by atoms with E-state index in [9.17, 15) is 0 Å². The Kier molecular flexibility index (Phi) is 3.70. The molecule has 0 aromatic heterocycles. The van der Waals surface area contributed by atoms with Crippen LogP contribution in [0.3, 0.4) is 0 Å². The number of hydrogen-bond acceptors (Lipinski definition) is 1. The number of nitrogens with zero attached hydrogens (tertiary/aromatic N) is 1. The third-order valence-electron chi connectivity index (χ3n) is 0.390. The molecule has 38 valence electrons. The average molecular weight is 189 g/mol. The Morgan fingerprint density at radius 2 is 1.50 bits per heavy atom. The van der Waals surface area contributed by atoms with Gasteiger partial charge in [0.2, 0.25) is 0 Å². The molecule has 0 unspecified atom stereocenters. The summed E-state index contributed by atoms with van der Waals surface area (Å²) in [7, 11) is 14.8. The molecule has 0 amide bonds. The van der Waals surface area contributed by atoms with Crippen LogP contribution in [0.15, 0.2) is 0 Å². The summed E-state index contributed by atoms with van der Waals surface area (Å²) in [4.78, 5) is 0. The predicted octanol–water partition coefficient (Wildman–Crippen LogP) is 0.743. The summed E-state index contributed by atoms with van der Waals surface area (Å²) in [5.74, 6) is 0. The van der Waals surface area contributed by atoms with Gasteiger partial charge in [-0.3, -0.25) is 0 Å². The first kappa shape index (κ1) is 7.08. The van der Waals surface area contributed by atoms with Crippen molar-refractivity contribution in [1.82, 2.24) is 3.86 Å². The molecule has 0 saturated heterocycles. The zero-order valence-corrected chi connectivity index (χ0v) is 7.72. The molecular formula is C2H7Cl2GeN. The maximum atomic E-state index is 5.49. The van der Waals surface area contributed by atoms with Gasteiger partial charge in [-0.25, -0.2) is 0 Å². The maximum absolute atomic E-state index is 5.49. The molecule has 0 aliphatic carbocycles. The van der Waals surface area contributed by atoms with Crippen LogP contribution in [-0.2, 0) is 0 Å². The van der Waals surface area contributed by atoms with Crippen molar-refractivity contribution in [2.75, 3.05) is 14.1 Å². The zero-order chi connectivity index (χ0) is 5.15. The molecule has 1 nitrogen and oxygen atoms in total. The fourth-order valence-electron chi connectivity index (χ4n) is 0. The molecule has 4 heteroatoms. The summed E-state index contributed by atoms with van der Waals surface area (Å²) in [6.45, 7) is 0. The standard InChI is InChI=1S/C2H7Cl2GeN/c1-6(2)5(3)4/h5H,1-2H3. The van der Waals surface area contributed by atoms with Crippen LogP contribution in [0.25, 0.3) is 0 Å². The van der Waals surface area contributed by atoms with Gasteiger partial charge >= 0.3 is 50.7 Å². The van der Waals surface area contributed by atoms with Crippen LogP contribution in [0.1, 0.15) is 0 Å². The monoisotopic (exact) mass is 189 g/mol. The van der Waals surface area contributed by atoms with Crippen molar-refractivity contribution in [3.8, 4) is 0 Å². The van der Waals surface area contributed by atoms with Crippen LogP contribution in [0.2, 0.25) is 0 Å². The number of rotatable bonds is 1. The summed E-state index contributed by atoms with van der Waals surface area (Å²) in [6, 6.07) is 0. The summed E-state index contributed by atoms with van der Waals surface area (Å²) < 4.78 is 1.89. The van der Waals surface area contributed by atoms with Crippen molar-refractivity contribution in [2.45, 2.75) is 0 Å². The van der Waals surface area contributed by atoms with E-state index in [4.69, 9.17) is 20.0 Å². The van der Waals surface area contributed by atoms with E-state index in [0.29, 0.717) is 0 Å². The molecule has 0 spiro atoms. The molecule has 0 saturated carbocycles. The van der Waals surface area contributed by atoms with Crippen molar-refractivity contribution >= 4 is 32.7 Å². The van der Waals surface area contributed by atoms with E-state index in [1.165, 1.54) is 0 Å². The minimum absolute atomic E-state index is 1.85. The molecule has 0 aliphatic heterocycles. The first-order valence-electron chi connectivity index (χ1n) is 1.59. The Labute approximate surface area is 50.9 Å². The second-order valence-electron chi connectivity index (χ2n) is 1.24. The van der Waals surface area contributed by atoms with Gasteiger partial charge in [0.15, 0.2) is 0 Å². The minimum atomic E-state index is -1.85. The Morgan fingerprint density at radius 1 is 1.33 bits per heavy atom. The van der Waals surface area contributed by atoms with Crippen molar-refractivity contribution in [1.29, 1.82) is 0 Å². The molecule has 0 heterocycles. The first-order valence-corrected chi connectivity index (χ1v) is 9.04. The molecule has 0 fully saturated rings. The molecule has 0 aromatic rings. The van der Waals surface area contributed by atoms with Crippen LogP contribution in [-0.4, -0.2) is 30.7 Å². The van der Waals surface area contributed by atoms with Gasteiger partial charge in [0, 0.05) is 0 Å². The first-order chi connectivity index (χ1) is 2.64. The van der Waals surface area contributed by atoms with Gasteiger partial charge in [0.25, 0.3) is 0 Å². The van der Waals surface area contributed by atoms with Crippen molar-refractivity contribution < 1.29 is 0 Å². The average Bonchev–Trinajstić information content (AvgIpc) is 1.36. The van der Waals surface area contributed by atoms with E-state index >= 15 is 0 Å². The molecule has 0 atom stereocenters. The van der Waals surface area contributed by atoms with E-state index in [1.807, 2.05) is 18.0 Å². The second-order valence-corrected chi connectivity index (χ2v) is 10.0. The van der Waals surface area contributed by atoms with Gasteiger partial charge in [-0.05, 0) is 0 Å². The quantitative estimate of drug-likeness (QED) is 0.549. The van der Waals surface area contributed by atoms with E-state index in [-0.39, 0.29) is 0 Å². The fraction of sp³-hybridized carbons (Fsp3) is 1.00. The topological polar surface area (TPSA) is 3.24 Å². The number of halogens is 2. The molecule has 0 bridgehead atoms. The van der Waals surface area contributed by atoms with E-state index in [1.54, 1.807) is 0 Å². The molecule has 0 aromatic carbocycles. The van der Waals surface area contributed by atoms with Crippen molar-refractivity contribution in [3.05, 3.63) is 0 Å². The summed E-state index contributed by atoms with van der Waals surface area (Å²) >= 11 is -1.85. The van der Waals surface area contributed by atoms with Crippen molar-refractivity contribution in [3.63, 3.8) is 0 Å². The van der Waals surface area contributed by atoms with Crippen LogP contribution < -0.4 is 0 Å². The third-order valence-corrected chi connectivity index (χ3v) is 6.09. The van der Waals surface area contributed by atoms with Crippen LogP contribution >= 0.6 is 20.0 Å². The van der Waals surface area contributed by atoms with Gasteiger partial charge in [-0.15, -0.1) is 0 Å². The fourth-order valence-corrected chi connectivity index (χ4v) is 0. The predicted molar refractivity (Wildman–Crippen MR) is 32.5 cm³/mol. The summed E-state index contributed by atoms with van der Waals surface area (Å²) in [5, 5.41) is 0. The summed E-state index contributed by atoms with van der Waals surface area (Å²) in [5.41, 5.74) is 0. The van der Waals surface area contributed by atoms with Gasteiger partial charge in [0.05, 0.1) is 0 Å². The molecular weight excluding hydrogens is 182 g/mol. The Morgan fingerprint density at radius 3 is 1.50 bits per heavy atom. The van der Waals surface area contributed by atoms with Gasteiger partial charge in [0.1, 0.15) is 0 Å². The molecule has 0 radical (unpaired) electrons. The number of hydrogen-bond donors (Lipinski definition) is 0. The third kappa shape index (κ3) is 3.28. The molecule has 0 aliphatic rings. The Balaban J connectivity index is 2.99. The van der Waals surface area contributed by atoms with Crippen LogP contribution in [0.4, 0.5) is 0 Å². The van der Waals surface area contributed by atoms with E-state index < -0.39 is 12.7 Å². The van der Waals surface area contributed by atoms with E-state index in [2.05, 4.69) is 0 Å². The van der Waals surface area contributed by atoms with Crippen molar-refractivity contribution in [2.24, 2.45) is 0 Å².